The van der Waals surface area contributed by atoms with Crippen LogP contribution < -0.4 is 16.0 Å². The number of ether oxygens (including phenoxy) is 1. The van der Waals surface area contributed by atoms with E-state index in [9.17, 15) is 13.2 Å². The van der Waals surface area contributed by atoms with E-state index >= 15 is 0 Å². The van der Waals surface area contributed by atoms with Crippen molar-refractivity contribution in [3.8, 4) is 5.75 Å². The fourth-order valence-electron chi connectivity index (χ4n) is 1.69. The number of nitrogens with one attached hydrogen (secondary N) is 1. The zero-order valence-electron chi connectivity index (χ0n) is 10.1. The monoisotopic (exact) mass is 262 g/mol. The Bertz CT molecular complexity index is 369. The number of hydrogen-bond donors (Lipinski definition) is 2. The predicted octanol–water partition coefficient (Wildman–Crippen LogP) is 2.93. The van der Waals surface area contributed by atoms with Gasteiger partial charge in [-0.25, -0.2) is 0 Å². The molecule has 1 atom stereocenters. The van der Waals surface area contributed by atoms with E-state index < -0.39 is 18.6 Å². The molecule has 0 fully saturated rings. The molecule has 1 aromatic rings. The van der Waals surface area contributed by atoms with E-state index in [1.54, 1.807) is 24.3 Å². The van der Waals surface area contributed by atoms with Crippen molar-refractivity contribution in [2.75, 3.05) is 6.61 Å². The Morgan fingerprint density at radius 3 is 2.56 bits per heavy atom. The van der Waals surface area contributed by atoms with Gasteiger partial charge >= 0.3 is 6.18 Å². The number of para-hydroxylation sites is 1. The molecule has 0 aliphatic rings. The van der Waals surface area contributed by atoms with Crippen molar-refractivity contribution in [3.63, 3.8) is 0 Å². The molecule has 0 aliphatic carbocycles. The van der Waals surface area contributed by atoms with Crippen LogP contribution in [0.4, 0.5) is 13.2 Å². The molecule has 1 aromatic carbocycles. The lowest BCUT2D eigenvalue weighted by atomic mass is 10.0. The van der Waals surface area contributed by atoms with Crippen LogP contribution in [0.15, 0.2) is 24.3 Å². The molecule has 0 aromatic heterocycles. The van der Waals surface area contributed by atoms with Crippen molar-refractivity contribution in [2.24, 2.45) is 5.84 Å². The summed E-state index contributed by atoms with van der Waals surface area (Å²) in [6, 6.07) is 6.37. The van der Waals surface area contributed by atoms with Crippen molar-refractivity contribution < 1.29 is 17.9 Å². The van der Waals surface area contributed by atoms with Crippen LogP contribution in [0.25, 0.3) is 0 Å². The van der Waals surface area contributed by atoms with E-state index in [1.807, 2.05) is 6.92 Å². The third kappa shape index (κ3) is 4.54. The van der Waals surface area contributed by atoms with Crippen LogP contribution in [-0.4, -0.2) is 12.8 Å². The normalized spacial score (nSPS) is 13.4. The Labute approximate surface area is 104 Å². The first-order valence-electron chi connectivity index (χ1n) is 5.72. The van der Waals surface area contributed by atoms with Gasteiger partial charge in [0.25, 0.3) is 0 Å². The Morgan fingerprint density at radius 1 is 1.33 bits per heavy atom. The highest BCUT2D eigenvalue weighted by atomic mass is 19.4. The lowest BCUT2D eigenvalue weighted by molar-refractivity contribution is -0.136. The number of alkyl halides is 3. The molecule has 0 amide bonds. The van der Waals surface area contributed by atoms with Crippen molar-refractivity contribution in [3.05, 3.63) is 29.8 Å². The molecule has 1 unspecified atom stereocenters. The number of hydrogen-bond acceptors (Lipinski definition) is 3. The minimum absolute atomic E-state index is 0.121. The zero-order chi connectivity index (χ0) is 13.6. The summed E-state index contributed by atoms with van der Waals surface area (Å²) in [5.74, 6) is 5.89. The van der Waals surface area contributed by atoms with Crippen LogP contribution in [0.3, 0.4) is 0 Å². The van der Waals surface area contributed by atoms with Gasteiger partial charge in [-0.2, -0.15) is 13.2 Å². The van der Waals surface area contributed by atoms with Gasteiger partial charge in [0.1, 0.15) is 5.75 Å². The number of halogens is 3. The zero-order valence-corrected chi connectivity index (χ0v) is 10.1. The third-order valence-corrected chi connectivity index (χ3v) is 2.51. The molecule has 0 spiro atoms. The smallest absolute Gasteiger partial charge is 0.389 e. The molecular weight excluding hydrogens is 245 g/mol. The van der Waals surface area contributed by atoms with Crippen molar-refractivity contribution in [1.29, 1.82) is 0 Å². The SMILES string of the molecule is CCOc1ccccc1C(CCC(F)(F)F)NN. The fourth-order valence-corrected chi connectivity index (χ4v) is 1.69. The largest absolute Gasteiger partial charge is 0.494 e. The Balaban J connectivity index is 2.81. The quantitative estimate of drug-likeness (QED) is 0.612. The molecule has 6 heteroatoms. The number of benzene rings is 1. The number of nitrogens with two attached hydrogens (primary N) is 1. The molecule has 102 valence electrons. The second-order valence-corrected chi connectivity index (χ2v) is 3.84. The van der Waals surface area contributed by atoms with E-state index in [0.717, 1.165) is 0 Å². The predicted molar refractivity (Wildman–Crippen MR) is 63.0 cm³/mol. The number of rotatable bonds is 6. The van der Waals surface area contributed by atoms with Crippen LogP contribution in [0.1, 0.15) is 31.4 Å². The first-order valence-corrected chi connectivity index (χ1v) is 5.72. The van der Waals surface area contributed by atoms with E-state index in [0.29, 0.717) is 17.9 Å². The highest BCUT2D eigenvalue weighted by Gasteiger charge is 2.29. The highest BCUT2D eigenvalue weighted by molar-refractivity contribution is 5.35. The summed E-state index contributed by atoms with van der Waals surface area (Å²) in [6.45, 7) is 2.27. The van der Waals surface area contributed by atoms with Gasteiger partial charge in [0.15, 0.2) is 0 Å². The van der Waals surface area contributed by atoms with Gasteiger partial charge in [0, 0.05) is 18.0 Å². The Hall–Kier alpha value is -1.27. The topological polar surface area (TPSA) is 47.3 Å². The summed E-state index contributed by atoms with van der Waals surface area (Å²) in [4.78, 5) is 0. The average molecular weight is 262 g/mol. The van der Waals surface area contributed by atoms with Crippen LogP contribution in [0.5, 0.6) is 5.75 Å². The second-order valence-electron chi connectivity index (χ2n) is 3.84. The van der Waals surface area contributed by atoms with E-state index in [2.05, 4.69) is 5.43 Å². The number of hydrazine groups is 1. The van der Waals surface area contributed by atoms with E-state index in [4.69, 9.17) is 10.6 Å². The van der Waals surface area contributed by atoms with Gasteiger partial charge in [-0.15, -0.1) is 0 Å². The van der Waals surface area contributed by atoms with E-state index in [1.165, 1.54) is 0 Å². The van der Waals surface area contributed by atoms with Crippen molar-refractivity contribution in [1.82, 2.24) is 5.43 Å². The fraction of sp³-hybridized carbons (Fsp3) is 0.500. The van der Waals surface area contributed by atoms with Crippen LogP contribution in [0.2, 0.25) is 0 Å². The molecule has 3 nitrogen and oxygen atoms in total. The molecule has 0 radical (unpaired) electrons. The summed E-state index contributed by atoms with van der Waals surface area (Å²) >= 11 is 0. The lowest BCUT2D eigenvalue weighted by Gasteiger charge is -2.20. The molecule has 18 heavy (non-hydrogen) atoms. The van der Waals surface area contributed by atoms with Crippen molar-refractivity contribution >= 4 is 0 Å². The molecule has 0 aliphatic heterocycles. The highest BCUT2D eigenvalue weighted by Crippen LogP contribution is 2.31. The van der Waals surface area contributed by atoms with E-state index in [-0.39, 0.29) is 6.42 Å². The summed E-state index contributed by atoms with van der Waals surface area (Å²) in [5.41, 5.74) is 3.05. The van der Waals surface area contributed by atoms with Gasteiger partial charge in [-0.05, 0) is 19.4 Å². The Morgan fingerprint density at radius 2 is 2.00 bits per heavy atom. The van der Waals surface area contributed by atoms with Crippen LogP contribution in [0, 0.1) is 0 Å². The van der Waals surface area contributed by atoms with Crippen LogP contribution >= 0.6 is 0 Å². The third-order valence-electron chi connectivity index (χ3n) is 2.51. The van der Waals surface area contributed by atoms with Crippen molar-refractivity contribution in [2.45, 2.75) is 32.0 Å². The minimum atomic E-state index is -4.18. The van der Waals surface area contributed by atoms with Gasteiger partial charge in [0.05, 0.1) is 6.61 Å². The maximum absolute atomic E-state index is 12.2. The summed E-state index contributed by atoms with van der Waals surface area (Å²) < 4.78 is 42.0. The summed E-state index contributed by atoms with van der Waals surface area (Å²) in [5, 5.41) is 0. The standard InChI is InChI=1S/C12H17F3N2O/c1-2-18-11-6-4-3-5-9(11)10(17-16)7-8-12(13,14)15/h3-6,10,17H,2,7-8,16H2,1H3. The minimum Gasteiger partial charge on any atom is -0.494 e. The maximum atomic E-state index is 12.2. The van der Waals surface area contributed by atoms with Gasteiger partial charge in [-0.3, -0.25) is 11.3 Å². The van der Waals surface area contributed by atoms with Gasteiger partial charge < -0.3 is 4.74 Å². The molecule has 3 N–H and O–H groups in total. The Kier molecular flexibility index (Phi) is 5.43. The molecular formula is C12H17F3N2O. The average Bonchev–Trinajstić information content (AvgIpc) is 2.31. The van der Waals surface area contributed by atoms with Gasteiger partial charge in [-0.1, -0.05) is 18.2 Å². The molecule has 0 bridgehead atoms. The molecule has 0 saturated heterocycles. The lowest BCUT2D eigenvalue weighted by Crippen LogP contribution is -2.29. The first kappa shape index (κ1) is 14.8. The maximum Gasteiger partial charge on any atom is 0.389 e. The summed E-state index contributed by atoms with van der Waals surface area (Å²) in [7, 11) is 0. The molecule has 0 heterocycles. The van der Waals surface area contributed by atoms with Gasteiger partial charge in [0.2, 0.25) is 0 Å². The molecule has 1 rings (SSSR count). The first-order chi connectivity index (χ1) is 8.48. The summed E-state index contributed by atoms with van der Waals surface area (Å²) in [6.07, 6.45) is -5.19. The second kappa shape index (κ2) is 6.61. The van der Waals surface area contributed by atoms with Crippen LogP contribution in [-0.2, 0) is 0 Å². The molecule has 0 saturated carbocycles.